The molecule has 148 valence electrons. The number of amides is 2. The number of hydrogen-bond acceptors (Lipinski definition) is 3. The average molecular weight is 400 g/mol. The molecule has 1 saturated heterocycles. The number of rotatable bonds is 5. The van der Waals surface area contributed by atoms with Crippen molar-refractivity contribution in [1.29, 1.82) is 0 Å². The van der Waals surface area contributed by atoms with Gasteiger partial charge in [-0.25, -0.2) is 0 Å². The van der Waals surface area contributed by atoms with E-state index in [0.29, 0.717) is 16.4 Å². The van der Waals surface area contributed by atoms with Crippen molar-refractivity contribution >= 4 is 40.5 Å². The Balaban J connectivity index is 1.69. The Bertz CT molecular complexity index is 845. The van der Waals surface area contributed by atoms with Crippen molar-refractivity contribution in [3.05, 3.63) is 53.1 Å². The molecule has 0 aliphatic carbocycles. The maximum atomic E-state index is 12.5. The van der Waals surface area contributed by atoms with Crippen molar-refractivity contribution in [2.75, 3.05) is 34.8 Å². The van der Waals surface area contributed by atoms with E-state index >= 15 is 0 Å². The number of halogens is 1. The maximum Gasteiger partial charge on any atom is 0.244 e. The van der Waals surface area contributed by atoms with Gasteiger partial charge in [0.1, 0.15) is 6.54 Å². The van der Waals surface area contributed by atoms with Crippen LogP contribution in [-0.2, 0) is 9.59 Å². The van der Waals surface area contributed by atoms with Gasteiger partial charge in [-0.1, -0.05) is 17.7 Å². The molecule has 0 aromatic heterocycles. The van der Waals surface area contributed by atoms with Gasteiger partial charge in [0.25, 0.3) is 0 Å². The summed E-state index contributed by atoms with van der Waals surface area (Å²) in [5.74, 6) is -0.440. The molecule has 2 aromatic carbocycles. The largest absolute Gasteiger partial charge is 0.372 e. The van der Waals surface area contributed by atoms with Crippen LogP contribution in [0.4, 0.5) is 17.1 Å². The Morgan fingerprint density at radius 1 is 1.07 bits per heavy atom. The van der Waals surface area contributed by atoms with Gasteiger partial charge in [-0.05, 0) is 68.1 Å². The normalized spacial score (nSPS) is 13.9. The summed E-state index contributed by atoms with van der Waals surface area (Å²) in [6.07, 6.45) is 3.71. The lowest BCUT2D eigenvalue weighted by molar-refractivity contribution is -0.120. The van der Waals surface area contributed by atoms with Gasteiger partial charge in [0.2, 0.25) is 11.8 Å². The van der Waals surface area contributed by atoms with E-state index in [1.54, 1.807) is 12.1 Å². The number of hydrogen-bond donors (Lipinski definition) is 1. The summed E-state index contributed by atoms with van der Waals surface area (Å²) in [6, 6.07) is 13.2. The molecule has 2 amide bonds. The van der Waals surface area contributed by atoms with Crippen molar-refractivity contribution in [2.24, 2.45) is 0 Å². The number of piperidine rings is 1. The lowest BCUT2D eigenvalue weighted by Crippen LogP contribution is -2.36. The summed E-state index contributed by atoms with van der Waals surface area (Å²) in [6.45, 7) is 5.45. The van der Waals surface area contributed by atoms with E-state index < -0.39 is 0 Å². The highest BCUT2D eigenvalue weighted by Gasteiger charge is 2.17. The molecule has 0 spiro atoms. The predicted molar refractivity (Wildman–Crippen MR) is 115 cm³/mol. The van der Waals surface area contributed by atoms with Crippen LogP contribution in [0, 0.1) is 6.92 Å². The average Bonchev–Trinajstić information content (AvgIpc) is 2.69. The van der Waals surface area contributed by atoms with Crippen LogP contribution in [0.15, 0.2) is 42.5 Å². The third-order valence-corrected chi connectivity index (χ3v) is 5.27. The van der Waals surface area contributed by atoms with E-state index in [9.17, 15) is 9.59 Å². The third-order valence-electron chi connectivity index (χ3n) is 5.04. The number of nitrogens with one attached hydrogen (secondary N) is 1. The zero-order chi connectivity index (χ0) is 20.1. The van der Waals surface area contributed by atoms with Crippen LogP contribution in [-0.4, -0.2) is 31.4 Å². The second-order valence-corrected chi connectivity index (χ2v) is 7.61. The van der Waals surface area contributed by atoms with Crippen molar-refractivity contribution < 1.29 is 9.59 Å². The van der Waals surface area contributed by atoms with Crippen LogP contribution in [0.2, 0.25) is 5.02 Å². The summed E-state index contributed by atoms with van der Waals surface area (Å²) in [7, 11) is 0. The van der Waals surface area contributed by atoms with E-state index in [2.05, 4.69) is 10.2 Å². The van der Waals surface area contributed by atoms with Crippen molar-refractivity contribution in [3.8, 4) is 0 Å². The molecule has 0 radical (unpaired) electrons. The first kappa shape index (κ1) is 20.2. The second-order valence-electron chi connectivity index (χ2n) is 7.18. The fourth-order valence-corrected chi connectivity index (χ4v) is 3.61. The first-order chi connectivity index (χ1) is 13.4. The summed E-state index contributed by atoms with van der Waals surface area (Å²) in [5.41, 5.74) is 3.44. The molecule has 0 saturated carbocycles. The van der Waals surface area contributed by atoms with E-state index in [1.165, 1.54) is 31.1 Å². The highest BCUT2D eigenvalue weighted by molar-refractivity contribution is 6.31. The van der Waals surface area contributed by atoms with Gasteiger partial charge in [0.15, 0.2) is 0 Å². The minimum absolute atomic E-state index is 0.0512. The van der Waals surface area contributed by atoms with Gasteiger partial charge < -0.3 is 15.1 Å². The molecule has 1 N–H and O–H groups in total. The SMILES string of the molecule is CC(=O)N(CC(=O)Nc1cc(Cl)ccc1C)c1ccc(N2CCCCC2)cc1. The predicted octanol–water partition coefficient (Wildman–Crippen LogP) is 4.63. The molecule has 0 bridgehead atoms. The van der Waals surface area contributed by atoms with Crippen LogP contribution in [0.5, 0.6) is 0 Å². The van der Waals surface area contributed by atoms with Crippen LogP contribution < -0.4 is 15.1 Å². The van der Waals surface area contributed by atoms with Crippen molar-refractivity contribution in [2.45, 2.75) is 33.1 Å². The van der Waals surface area contributed by atoms with Gasteiger partial charge in [-0.2, -0.15) is 0 Å². The van der Waals surface area contributed by atoms with Crippen LogP contribution in [0.25, 0.3) is 0 Å². The molecule has 3 rings (SSSR count). The van der Waals surface area contributed by atoms with Crippen molar-refractivity contribution in [1.82, 2.24) is 0 Å². The molecular weight excluding hydrogens is 374 g/mol. The van der Waals surface area contributed by atoms with Crippen LogP contribution >= 0.6 is 11.6 Å². The summed E-state index contributed by atoms with van der Waals surface area (Å²) in [4.78, 5) is 28.5. The van der Waals surface area contributed by atoms with Crippen LogP contribution in [0.1, 0.15) is 31.7 Å². The maximum absolute atomic E-state index is 12.5. The third kappa shape index (κ3) is 5.04. The highest BCUT2D eigenvalue weighted by Crippen LogP contribution is 2.24. The molecule has 0 unspecified atom stereocenters. The molecular formula is C22H26ClN3O2. The summed E-state index contributed by atoms with van der Waals surface area (Å²) < 4.78 is 0. The number of benzene rings is 2. The fraction of sp³-hybridized carbons (Fsp3) is 0.364. The number of aryl methyl sites for hydroxylation is 1. The van der Waals surface area contributed by atoms with Gasteiger partial charge in [-0.3, -0.25) is 9.59 Å². The molecule has 6 heteroatoms. The summed E-state index contributed by atoms with van der Waals surface area (Å²) >= 11 is 6.01. The van der Waals surface area contributed by atoms with Gasteiger partial charge in [0.05, 0.1) is 0 Å². The lowest BCUT2D eigenvalue weighted by Gasteiger charge is -2.29. The van der Waals surface area contributed by atoms with Crippen LogP contribution in [0.3, 0.4) is 0 Å². The zero-order valence-corrected chi connectivity index (χ0v) is 17.1. The lowest BCUT2D eigenvalue weighted by atomic mass is 10.1. The highest BCUT2D eigenvalue weighted by atomic mass is 35.5. The standard InChI is InChI=1S/C22H26ClN3O2/c1-16-6-7-18(23)14-21(16)24-22(28)15-26(17(2)27)20-10-8-19(9-11-20)25-12-4-3-5-13-25/h6-11,14H,3-5,12-13,15H2,1-2H3,(H,24,28). The van der Waals surface area contributed by atoms with Gasteiger partial charge in [0, 0.05) is 42.1 Å². The molecule has 0 atom stereocenters. The Labute approximate surface area is 171 Å². The molecule has 2 aromatic rings. The molecule has 1 heterocycles. The topological polar surface area (TPSA) is 52.7 Å². The Morgan fingerprint density at radius 3 is 2.39 bits per heavy atom. The van der Waals surface area contributed by atoms with E-state index in [1.807, 2.05) is 37.3 Å². The smallest absolute Gasteiger partial charge is 0.244 e. The van der Waals surface area contributed by atoms with Crippen molar-refractivity contribution in [3.63, 3.8) is 0 Å². The first-order valence-corrected chi connectivity index (χ1v) is 10.0. The van der Waals surface area contributed by atoms with Gasteiger partial charge in [-0.15, -0.1) is 0 Å². The first-order valence-electron chi connectivity index (χ1n) is 9.63. The van der Waals surface area contributed by atoms with E-state index in [0.717, 1.165) is 24.3 Å². The molecule has 28 heavy (non-hydrogen) atoms. The number of anilines is 3. The minimum Gasteiger partial charge on any atom is -0.372 e. The number of carbonyl (C=O) groups is 2. The summed E-state index contributed by atoms with van der Waals surface area (Å²) in [5, 5.41) is 3.40. The Kier molecular flexibility index (Phi) is 6.57. The monoisotopic (exact) mass is 399 g/mol. The molecule has 1 fully saturated rings. The minimum atomic E-state index is -0.263. The quantitative estimate of drug-likeness (QED) is 0.797. The van der Waals surface area contributed by atoms with E-state index in [4.69, 9.17) is 11.6 Å². The van der Waals surface area contributed by atoms with E-state index in [-0.39, 0.29) is 18.4 Å². The zero-order valence-electron chi connectivity index (χ0n) is 16.4. The number of nitrogens with zero attached hydrogens (tertiary/aromatic N) is 2. The van der Waals surface area contributed by atoms with Gasteiger partial charge >= 0.3 is 0 Å². The Morgan fingerprint density at radius 2 is 1.75 bits per heavy atom. The molecule has 5 nitrogen and oxygen atoms in total. The molecule has 1 aliphatic heterocycles. The fourth-order valence-electron chi connectivity index (χ4n) is 3.44. The second kappa shape index (κ2) is 9.11. The number of carbonyl (C=O) groups excluding carboxylic acids is 2. The Hall–Kier alpha value is -2.53. The molecule has 1 aliphatic rings.